The standard InChI is InChI=1S/C24BF20.3C6H5ClO3S/c26-5-1(6(27)14(35)21(42)13(5)34)25(2-7(28)15(36)22(43)16(37)8(2)29,3-9(30)17(38)23(44)18(39)10(3)31)4-11(32)19(40)24(45)20(41)12(4)33;3*7-5-1-3-6(4-2-5)11(8,9)10/h;3*1-4H,(H,8,9,10)/q-1;;;. The second-order valence-electron chi connectivity index (χ2n) is 14.6. The lowest BCUT2D eigenvalue weighted by molar-refractivity contribution is 0.378. The molecule has 0 aromatic heterocycles. The number of rotatable bonds is 7. The molecule has 0 aliphatic heterocycles. The molecule has 0 saturated heterocycles. The SMILES string of the molecule is Fc1c(F)c(F)c([B-](c2c(F)c(F)c(F)c(F)c2F)(c2c(F)c(F)c(F)c(F)c2F)c2c(F)c(F)c(F)c(F)c2F)c(F)c1F.O=S(=O)(O)c1ccc(Cl)cc1.O=S(=O)(O)c1ccc(Cl)cc1.O=S(=O)(O)c1ccc(Cl)cc1. The van der Waals surface area contributed by atoms with Gasteiger partial charge in [-0.2, -0.15) is 25.3 Å². The van der Waals surface area contributed by atoms with E-state index in [9.17, 15) is 77.9 Å². The highest BCUT2D eigenvalue weighted by Crippen LogP contribution is 2.31. The molecule has 3 N–H and O–H groups in total. The Morgan fingerprint density at radius 2 is 0.359 bits per heavy atom. The van der Waals surface area contributed by atoms with Crippen molar-refractivity contribution in [2.24, 2.45) is 0 Å². The molecule has 0 aliphatic carbocycles. The van der Waals surface area contributed by atoms with E-state index in [1.54, 1.807) is 0 Å². The molecule has 0 radical (unpaired) electrons. The fraction of sp³-hybridized carbons (Fsp3) is 0. The van der Waals surface area contributed by atoms with Gasteiger partial charge >= 0.3 is 0 Å². The average molecular weight is 1260 g/mol. The van der Waals surface area contributed by atoms with Gasteiger partial charge in [0, 0.05) is 15.1 Å². The summed E-state index contributed by atoms with van der Waals surface area (Å²) in [5.74, 6) is -71.4. The molecule has 0 amide bonds. The van der Waals surface area contributed by atoms with Crippen molar-refractivity contribution in [3.8, 4) is 0 Å². The Morgan fingerprint density at radius 1 is 0.244 bits per heavy atom. The fourth-order valence-electron chi connectivity index (χ4n) is 6.69. The summed E-state index contributed by atoms with van der Waals surface area (Å²) in [6.45, 7) is 0. The summed E-state index contributed by atoms with van der Waals surface area (Å²) in [7, 11) is -12.2. The second-order valence-corrected chi connectivity index (χ2v) is 20.2. The monoisotopic (exact) mass is 1250 g/mol. The van der Waals surface area contributed by atoms with Crippen molar-refractivity contribution in [2.45, 2.75) is 14.7 Å². The van der Waals surface area contributed by atoms with Crippen LogP contribution in [-0.4, -0.2) is 45.1 Å². The van der Waals surface area contributed by atoms with Gasteiger partial charge in [-0.25, -0.2) is 87.8 Å². The Kier molecular flexibility index (Phi) is 19.8. The molecule has 0 fully saturated rings. The zero-order valence-electron chi connectivity index (χ0n) is 36.2. The van der Waals surface area contributed by atoms with Crippen LogP contribution in [0.3, 0.4) is 0 Å². The fourth-order valence-corrected chi connectivity index (χ4v) is 8.51. The summed E-state index contributed by atoms with van der Waals surface area (Å²) >= 11 is 16.5. The van der Waals surface area contributed by atoms with Gasteiger partial charge in [-0.3, -0.25) is 13.7 Å². The molecule has 0 aliphatic rings. The minimum absolute atomic E-state index is 0.151. The average Bonchev–Trinajstić information content (AvgIpc) is 3.36. The lowest BCUT2D eigenvalue weighted by Crippen LogP contribution is -2.81. The third-order valence-electron chi connectivity index (χ3n) is 10.0. The molecule has 420 valence electrons. The van der Waals surface area contributed by atoms with Crippen LogP contribution in [0.25, 0.3) is 0 Å². The molecule has 0 bridgehead atoms. The van der Waals surface area contributed by atoms with E-state index in [1.807, 2.05) is 0 Å². The van der Waals surface area contributed by atoms with Crippen molar-refractivity contribution in [3.63, 3.8) is 0 Å². The molecule has 0 saturated carbocycles. The maximum Gasteiger partial charge on any atom is 0.294 e. The molecule has 0 heterocycles. The first-order valence-corrected chi connectivity index (χ1v) is 24.6. The molecular weight excluding hydrogens is 1240 g/mol. The third kappa shape index (κ3) is 12.6. The van der Waals surface area contributed by atoms with Crippen LogP contribution in [-0.2, 0) is 30.4 Å². The predicted molar refractivity (Wildman–Crippen MR) is 233 cm³/mol. The number of hydrogen-bond acceptors (Lipinski definition) is 6. The Morgan fingerprint density at radius 3 is 0.474 bits per heavy atom. The topological polar surface area (TPSA) is 163 Å². The van der Waals surface area contributed by atoms with Crippen molar-refractivity contribution in [1.82, 2.24) is 0 Å². The minimum Gasteiger partial charge on any atom is -0.282 e. The van der Waals surface area contributed by atoms with Crippen molar-refractivity contribution in [3.05, 3.63) is 204 Å². The van der Waals surface area contributed by atoms with E-state index in [0.717, 1.165) is 0 Å². The zero-order valence-corrected chi connectivity index (χ0v) is 40.9. The van der Waals surface area contributed by atoms with Gasteiger partial charge in [0.05, 0.1) is 14.7 Å². The first-order valence-electron chi connectivity index (χ1n) is 19.1. The van der Waals surface area contributed by atoms with Gasteiger partial charge in [-0.05, 0) is 72.8 Å². The highest BCUT2D eigenvalue weighted by Gasteiger charge is 2.52. The molecule has 7 aromatic rings. The van der Waals surface area contributed by atoms with E-state index in [-0.39, 0.29) is 14.7 Å². The summed E-state index contributed by atoms with van der Waals surface area (Å²) in [5.41, 5.74) is -14.3. The quantitative estimate of drug-likeness (QED) is 0.0464. The smallest absolute Gasteiger partial charge is 0.282 e. The summed E-state index contributed by atoms with van der Waals surface area (Å²) in [5, 5.41) is 1.28. The molecule has 9 nitrogen and oxygen atoms in total. The molecule has 0 spiro atoms. The number of halogens is 23. The van der Waals surface area contributed by atoms with Gasteiger partial charge in [0.25, 0.3) is 30.4 Å². The molecule has 36 heteroatoms. The van der Waals surface area contributed by atoms with Gasteiger partial charge in [0.2, 0.25) is 0 Å². The van der Waals surface area contributed by atoms with Crippen LogP contribution in [0, 0.1) is 116 Å². The first-order chi connectivity index (χ1) is 35.7. The van der Waals surface area contributed by atoms with E-state index in [1.165, 1.54) is 72.8 Å². The van der Waals surface area contributed by atoms with Crippen molar-refractivity contribution in [2.75, 3.05) is 0 Å². The largest absolute Gasteiger partial charge is 0.294 e. The summed E-state index contributed by atoms with van der Waals surface area (Å²) in [4.78, 5) is -0.453. The summed E-state index contributed by atoms with van der Waals surface area (Å²) in [6.07, 6.45) is -7.22. The molecule has 78 heavy (non-hydrogen) atoms. The molecule has 0 unspecified atom stereocenters. The Labute approximate surface area is 437 Å². The van der Waals surface area contributed by atoms with E-state index in [2.05, 4.69) is 0 Å². The van der Waals surface area contributed by atoms with Crippen LogP contribution in [0.5, 0.6) is 0 Å². The number of hydrogen-bond donors (Lipinski definition) is 3. The van der Waals surface area contributed by atoms with E-state index >= 15 is 35.1 Å². The van der Waals surface area contributed by atoms with E-state index in [0.29, 0.717) is 15.1 Å². The maximum absolute atomic E-state index is 15.4. The van der Waals surface area contributed by atoms with Gasteiger partial charge in [-0.1, -0.05) is 34.8 Å². The van der Waals surface area contributed by atoms with Crippen LogP contribution in [0.4, 0.5) is 87.8 Å². The number of benzene rings is 7. The van der Waals surface area contributed by atoms with Crippen LogP contribution in [0.15, 0.2) is 87.5 Å². The zero-order chi connectivity index (χ0) is 59.8. The maximum atomic E-state index is 15.4. The lowest BCUT2D eigenvalue weighted by atomic mass is 9.12. The van der Waals surface area contributed by atoms with Gasteiger partial charge < -0.3 is 0 Å². The highest BCUT2D eigenvalue weighted by molar-refractivity contribution is 7.86. The van der Waals surface area contributed by atoms with Crippen LogP contribution in [0.1, 0.15) is 0 Å². The molecule has 0 atom stereocenters. The highest BCUT2D eigenvalue weighted by atomic mass is 35.5. The Hall–Kier alpha value is -6.20. The van der Waals surface area contributed by atoms with Crippen LogP contribution >= 0.6 is 34.8 Å². The summed E-state index contributed by atoms with van der Waals surface area (Å²) in [6, 6.07) is 15.8. The Bertz CT molecular complexity index is 3300. The normalized spacial score (nSPS) is 11.8. The van der Waals surface area contributed by atoms with Crippen LogP contribution < -0.4 is 21.9 Å². The molecular formula is C42H15BCl3F20O9S3-. The van der Waals surface area contributed by atoms with Crippen molar-refractivity contribution in [1.29, 1.82) is 0 Å². The van der Waals surface area contributed by atoms with Crippen molar-refractivity contribution < 1.29 is 127 Å². The van der Waals surface area contributed by atoms with Crippen molar-refractivity contribution >= 4 is 93.2 Å². The predicted octanol–water partition coefficient (Wildman–Crippen LogP) is 10.6. The minimum atomic E-state index is -7.22. The molecule has 7 rings (SSSR count). The third-order valence-corrected chi connectivity index (χ3v) is 13.4. The Balaban J connectivity index is 0.000000315. The van der Waals surface area contributed by atoms with Gasteiger partial charge in [-0.15, -0.1) is 21.9 Å². The van der Waals surface area contributed by atoms with Gasteiger partial charge in [0.15, 0.2) is 69.8 Å². The lowest BCUT2D eigenvalue weighted by Gasteiger charge is -2.44. The molecule has 7 aromatic carbocycles. The van der Waals surface area contributed by atoms with E-state index in [4.69, 9.17) is 48.5 Å². The second kappa shape index (κ2) is 24.0. The van der Waals surface area contributed by atoms with E-state index < -0.39 is 175 Å². The van der Waals surface area contributed by atoms with Gasteiger partial charge in [0.1, 0.15) is 52.7 Å². The van der Waals surface area contributed by atoms with Crippen LogP contribution in [0.2, 0.25) is 15.1 Å². The first kappa shape index (κ1) is 64.3. The summed E-state index contributed by atoms with van der Waals surface area (Å²) < 4.78 is 382.